The summed E-state index contributed by atoms with van der Waals surface area (Å²) in [5, 5.41) is 6.78. The van der Waals surface area contributed by atoms with Crippen LogP contribution in [-0.4, -0.2) is 63.8 Å². The summed E-state index contributed by atoms with van der Waals surface area (Å²) in [5.74, 6) is 0.918. The summed E-state index contributed by atoms with van der Waals surface area (Å²) in [6.45, 7) is 6.81. The van der Waals surface area contributed by atoms with Crippen molar-refractivity contribution in [3.05, 3.63) is 0 Å². The Balaban J connectivity index is 2.01. The van der Waals surface area contributed by atoms with Crippen molar-refractivity contribution in [2.75, 3.05) is 46.9 Å². The van der Waals surface area contributed by atoms with Crippen molar-refractivity contribution in [2.24, 2.45) is 4.99 Å². The molecule has 0 spiro atoms. The van der Waals surface area contributed by atoms with Gasteiger partial charge in [0.2, 0.25) is 0 Å². The number of guanidine groups is 1. The number of nitrogens with one attached hydrogen (secondary N) is 2. The number of hydrogen-bond acceptors (Lipinski definition) is 3. The van der Waals surface area contributed by atoms with Gasteiger partial charge in [-0.15, -0.1) is 0 Å². The zero-order valence-electron chi connectivity index (χ0n) is 15.6. The number of rotatable bonds is 11. The quantitative estimate of drug-likeness (QED) is 0.348. The maximum atomic E-state index is 5.34. The van der Waals surface area contributed by atoms with Crippen molar-refractivity contribution in [3.63, 3.8) is 0 Å². The fourth-order valence-electron chi connectivity index (χ4n) is 3.14. The van der Waals surface area contributed by atoms with Gasteiger partial charge in [0.15, 0.2) is 5.96 Å². The third kappa shape index (κ3) is 9.82. The Kier molecular flexibility index (Phi) is 12.0. The lowest BCUT2D eigenvalue weighted by Crippen LogP contribution is -2.40. The molecule has 1 saturated carbocycles. The molecule has 2 N–H and O–H groups in total. The third-order valence-corrected chi connectivity index (χ3v) is 4.61. The van der Waals surface area contributed by atoms with Crippen molar-refractivity contribution in [3.8, 4) is 0 Å². The first kappa shape index (κ1) is 20.2. The van der Waals surface area contributed by atoms with E-state index in [9.17, 15) is 0 Å². The summed E-state index contributed by atoms with van der Waals surface area (Å²) in [7, 11) is 4.12. The van der Waals surface area contributed by atoms with Gasteiger partial charge in [0.25, 0.3) is 0 Å². The minimum absolute atomic E-state index is 0.811. The van der Waals surface area contributed by atoms with E-state index < -0.39 is 0 Å². The Hall–Kier alpha value is -0.810. The zero-order chi connectivity index (χ0) is 16.8. The Morgan fingerprint density at radius 2 is 1.78 bits per heavy atom. The highest BCUT2D eigenvalue weighted by Crippen LogP contribution is 2.21. The molecule has 1 rings (SSSR count). The van der Waals surface area contributed by atoms with Gasteiger partial charge < -0.3 is 20.3 Å². The number of ether oxygens (including phenoxy) is 1. The smallest absolute Gasteiger partial charge is 0.190 e. The molecule has 5 heteroatoms. The topological polar surface area (TPSA) is 48.9 Å². The van der Waals surface area contributed by atoms with Crippen LogP contribution in [0.2, 0.25) is 0 Å². The summed E-state index contributed by atoms with van der Waals surface area (Å²) in [6, 6.07) is 0.812. The van der Waals surface area contributed by atoms with Crippen LogP contribution in [0.1, 0.15) is 58.3 Å². The molecule has 1 aliphatic rings. The van der Waals surface area contributed by atoms with Crippen LogP contribution < -0.4 is 10.6 Å². The number of nitrogens with zero attached hydrogens (tertiary/aromatic N) is 2. The van der Waals surface area contributed by atoms with Crippen molar-refractivity contribution in [1.29, 1.82) is 0 Å². The van der Waals surface area contributed by atoms with Gasteiger partial charge in [-0.3, -0.25) is 4.99 Å². The van der Waals surface area contributed by atoms with E-state index in [1.165, 1.54) is 38.6 Å². The van der Waals surface area contributed by atoms with Gasteiger partial charge in [-0.05, 0) is 52.6 Å². The van der Waals surface area contributed by atoms with Gasteiger partial charge in [0.05, 0.1) is 0 Å². The third-order valence-electron chi connectivity index (χ3n) is 4.61. The summed E-state index contributed by atoms with van der Waals surface area (Å²) in [4.78, 5) is 6.82. The Morgan fingerprint density at radius 1 is 1.09 bits per heavy atom. The highest BCUT2D eigenvalue weighted by atomic mass is 16.5. The van der Waals surface area contributed by atoms with E-state index in [0.717, 1.165) is 57.6 Å². The monoisotopic (exact) mass is 326 g/mol. The first-order chi connectivity index (χ1) is 11.3. The molecule has 0 saturated heterocycles. The fourth-order valence-corrected chi connectivity index (χ4v) is 3.14. The molecular formula is C18H38N4O. The molecule has 0 amide bonds. The van der Waals surface area contributed by atoms with E-state index in [1.807, 2.05) is 14.0 Å². The van der Waals surface area contributed by atoms with E-state index >= 15 is 0 Å². The molecule has 0 atom stereocenters. The normalized spacial score (nSPS) is 16.8. The molecule has 0 heterocycles. The molecule has 5 nitrogen and oxygen atoms in total. The first-order valence-corrected chi connectivity index (χ1v) is 9.50. The number of aliphatic imine (C=N–C) groups is 1. The van der Waals surface area contributed by atoms with Gasteiger partial charge in [-0.1, -0.05) is 19.3 Å². The lowest BCUT2D eigenvalue weighted by Gasteiger charge is -2.31. The molecule has 0 unspecified atom stereocenters. The number of unbranched alkanes of at least 4 members (excludes halogenated alkanes) is 1. The molecule has 0 radical (unpaired) electrons. The largest absolute Gasteiger partial charge is 0.382 e. The zero-order valence-corrected chi connectivity index (χ0v) is 15.6. The average molecular weight is 327 g/mol. The van der Waals surface area contributed by atoms with Crippen LogP contribution >= 0.6 is 0 Å². The second kappa shape index (κ2) is 13.6. The summed E-state index contributed by atoms with van der Waals surface area (Å²) in [5.41, 5.74) is 0. The van der Waals surface area contributed by atoms with E-state index in [0.29, 0.717) is 0 Å². The minimum Gasteiger partial charge on any atom is -0.382 e. The molecule has 136 valence electrons. The van der Waals surface area contributed by atoms with Crippen molar-refractivity contribution in [1.82, 2.24) is 15.5 Å². The van der Waals surface area contributed by atoms with Crippen LogP contribution in [0.5, 0.6) is 0 Å². The molecular weight excluding hydrogens is 288 g/mol. The predicted octanol–water partition coefficient (Wildman–Crippen LogP) is 2.62. The molecule has 1 fully saturated rings. The van der Waals surface area contributed by atoms with Crippen molar-refractivity contribution < 1.29 is 4.74 Å². The molecule has 0 aromatic heterocycles. The second-order valence-corrected chi connectivity index (χ2v) is 6.46. The lowest BCUT2D eigenvalue weighted by atomic mass is 9.94. The van der Waals surface area contributed by atoms with Gasteiger partial charge in [0, 0.05) is 39.4 Å². The van der Waals surface area contributed by atoms with Crippen LogP contribution in [0.4, 0.5) is 0 Å². The fraction of sp³-hybridized carbons (Fsp3) is 0.944. The lowest BCUT2D eigenvalue weighted by molar-refractivity contribution is 0.143. The van der Waals surface area contributed by atoms with Crippen LogP contribution in [0, 0.1) is 0 Å². The van der Waals surface area contributed by atoms with Crippen LogP contribution in [0.25, 0.3) is 0 Å². The van der Waals surface area contributed by atoms with Crippen LogP contribution in [0.15, 0.2) is 4.99 Å². The van der Waals surface area contributed by atoms with Crippen LogP contribution in [0.3, 0.4) is 0 Å². The average Bonchev–Trinajstić information content (AvgIpc) is 2.60. The Labute approximate surface area is 143 Å². The summed E-state index contributed by atoms with van der Waals surface area (Å²) >= 11 is 0. The highest BCUT2D eigenvalue weighted by Gasteiger charge is 2.17. The maximum Gasteiger partial charge on any atom is 0.190 e. The van der Waals surface area contributed by atoms with Gasteiger partial charge in [-0.2, -0.15) is 0 Å². The van der Waals surface area contributed by atoms with Crippen LogP contribution in [-0.2, 0) is 4.74 Å². The van der Waals surface area contributed by atoms with Gasteiger partial charge in [-0.25, -0.2) is 0 Å². The Bertz CT molecular complexity index is 303. The summed E-state index contributed by atoms with van der Waals surface area (Å²) in [6.07, 6.45) is 10.4. The molecule has 23 heavy (non-hydrogen) atoms. The van der Waals surface area contributed by atoms with E-state index in [-0.39, 0.29) is 0 Å². The van der Waals surface area contributed by atoms with E-state index in [1.54, 1.807) is 0 Å². The molecule has 0 aliphatic heterocycles. The van der Waals surface area contributed by atoms with Gasteiger partial charge in [0.1, 0.15) is 0 Å². The Morgan fingerprint density at radius 3 is 2.43 bits per heavy atom. The molecule has 0 aromatic carbocycles. The predicted molar refractivity (Wildman–Crippen MR) is 99.2 cm³/mol. The SMILES string of the molecule is CCOCCCCNC(=NC)NCCCN(C)C1CCCCC1. The molecule has 0 aromatic rings. The first-order valence-electron chi connectivity index (χ1n) is 9.50. The summed E-state index contributed by atoms with van der Waals surface area (Å²) < 4.78 is 5.34. The van der Waals surface area contributed by atoms with Crippen molar-refractivity contribution >= 4 is 5.96 Å². The maximum absolute atomic E-state index is 5.34. The number of hydrogen-bond donors (Lipinski definition) is 2. The standard InChI is InChI=1S/C18H38N4O/c1-4-23-16-9-8-13-20-18(19-2)21-14-10-15-22(3)17-11-6-5-7-12-17/h17H,4-16H2,1-3H3,(H2,19,20,21). The van der Waals surface area contributed by atoms with E-state index in [2.05, 4.69) is 27.6 Å². The molecule has 0 bridgehead atoms. The second-order valence-electron chi connectivity index (χ2n) is 6.46. The minimum atomic E-state index is 0.811. The van der Waals surface area contributed by atoms with Gasteiger partial charge >= 0.3 is 0 Å². The van der Waals surface area contributed by atoms with E-state index in [4.69, 9.17) is 4.74 Å². The molecule has 1 aliphatic carbocycles. The van der Waals surface area contributed by atoms with Crippen molar-refractivity contribution in [2.45, 2.75) is 64.3 Å². The highest BCUT2D eigenvalue weighted by molar-refractivity contribution is 5.79.